The minimum absolute atomic E-state index is 0.210. The van der Waals surface area contributed by atoms with E-state index in [1.54, 1.807) is 6.92 Å². The second-order valence-corrected chi connectivity index (χ2v) is 6.56. The molecule has 1 N–H and O–H groups in total. The molecular formula is C12H10ClF3N2O3S. The van der Waals surface area contributed by atoms with Crippen molar-refractivity contribution in [1.82, 2.24) is 9.88 Å². The van der Waals surface area contributed by atoms with E-state index in [2.05, 4.69) is 5.16 Å². The molecule has 0 saturated carbocycles. The zero-order chi connectivity index (χ0) is 16.5. The molecule has 0 bridgehead atoms. The molecule has 0 saturated heterocycles. The van der Waals surface area contributed by atoms with Crippen LogP contribution >= 0.6 is 11.6 Å². The molecule has 0 atom stereocenters. The van der Waals surface area contributed by atoms with Gasteiger partial charge in [-0.2, -0.15) is 13.2 Å². The molecular weight excluding hydrogens is 345 g/mol. The summed E-state index contributed by atoms with van der Waals surface area (Å²) in [6.45, 7) is 1.31. The Morgan fingerprint density at radius 1 is 1.32 bits per heavy atom. The van der Waals surface area contributed by atoms with E-state index in [0.717, 1.165) is 12.1 Å². The molecule has 2 rings (SSSR count). The molecule has 0 spiro atoms. The Bertz CT molecular complexity index is 787. The first kappa shape index (κ1) is 16.8. The number of aromatic nitrogens is 1. The smallest absolute Gasteiger partial charge is 0.361 e. The molecule has 0 aliphatic carbocycles. The summed E-state index contributed by atoms with van der Waals surface area (Å²) in [6.07, 6.45) is -4.85. The van der Waals surface area contributed by atoms with Crippen molar-refractivity contribution in [3.05, 3.63) is 46.3 Å². The summed E-state index contributed by atoms with van der Waals surface area (Å²) in [6, 6.07) is 3.92. The summed E-state index contributed by atoms with van der Waals surface area (Å²) in [5.74, 6) is 0.455. The Morgan fingerprint density at radius 2 is 2.00 bits per heavy atom. The van der Waals surface area contributed by atoms with Gasteiger partial charge in [0.2, 0.25) is 10.0 Å². The molecule has 0 aliphatic heterocycles. The molecule has 1 heterocycles. The molecule has 5 nitrogen and oxygen atoms in total. The zero-order valence-corrected chi connectivity index (χ0v) is 12.7. The summed E-state index contributed by atoms with van der Waals surface area (Å²) in [4.78, 5) is -0.899. The number of sulfonamides is 1. The van der Waals surface area contributed by atoms with Gasteiger partial charge in [-0.15, -0.1) is 0 Å². The van der Waals surface area contributed by atoms with Gasteiger partial charge in [0.1, 0.15) is 5.76 Å². The highest BCUT2D eigenvalue weighted by molar-refractivity contribution is 7.89. The van der Waals surface area contributed by atoms with Gasteiger partial charge in [0.05, 0.1) is 22.7 Å². The number of aryl methyl sites for hydroxylation is 1. The molecule has 1 aromatic carbocycles. The van der Waals surface area contributed by atoms with Crippen LogP contribution in [-0.2, 0) is 22.7 Å². The molecule has 0 radical (unpaired) electrons. The predicted molar refractivity (Wildman–Crippen MR) is 71.7 cm³/mol. The second-order valence-electron chi connectivity index (χ2n) is 4.39. The van der Waals surface area contributed by atoms with E-state index in [1.807, 2.05) is 4.72 Å². The van der Waals surface area contributed by atoms with Gasteiger partial charge in [0.15, 0.2) is 0 Å². The van der Waals surface area contributed by atoms with Gasteiger partial charge >= 0.3 is 6.18 Å². The lowest BCUT2D eigenvalue weighted by atomic mass is 10.2. The molecule has 120 valence electrons. The van der Waals surface area contributed by atoms with Crippen molar-refractivity contribution in [2.45, 2.75) is 24.5 Å². The van der Waals surface area contributed by atoms with Crippen molar-refractivity contribution in [2.24, 2.45) is 0 Å². The topological polar surface area (TPSA) is 72.2 Å². The fourth-order valence-electron chi connectivity index (χ4n) is 1.71. The van der Waals surface area contributed by atoms with E-state index < -0.39 is 26.7 Å². The third kappa shape index (κ3) is 3.79. The van der Waals surface area contributed by atoms with Crippen LogP contribution in [0.15, 0.2) is 33.7 Å². The standard InChI is InChI=1S/C12H10ClF3N2O3S/c1-7-4-9(18-21-7)6-17-22(19,20)11-3-2-8(13)5-10(11)12(14,15)16/h2-5,17H,6H2,1H3. The lowest BCUT2D eigenvalue weighted by Crippen LogP contribution is -2.26. The van der Waals surface area contributed by atoms with E-state index in [-0.39, 0.29) is 17.3 Å². The van der Waals surface area contributed by atoms with Gasteiger partial charge in [-0.1, -0.05) is 16.8 Å². The highest BCUT2D eigenvalue weighted by Gasteiger charge is 2.37. The number of hydrogen-bond acceptors (Lipinski definition) is 4. The molecule has 1 aromatic heterocycles. The first-order valence-electron chi connectivity index (χ1n) is 5.88. The van der Waals surface area contributed by atoms with Gasteiger partial charge in [-0.25, -0.2) is 13.1 Å². The number of nitrogens with zero attached hydrogens (tertiary/aromatic N) is 1. The molecule has 0 fully saturated rings. The predicted octanol–water partition coefficient (Wildman–Crippen LogP) is 3.13. The van der Waals surface area contributed by atoms with Gasteiger partial charge in [-0.05, 0) is 25.1 Å². The fraction of sp³-hybridized carbons (Fsp3) is 0.250. The number of nitrogens with one attached hydrogen (secondary N) is 1. The van der Waals surface area contributed by atoms with Gasteiger partial charge in [0, 0.05) is 11.1 Å². The van der Waals surface area contributed by atoms with Crippen LogP contribution in [0.4, 0.5) is 13.2 Å². The number of halogens is 4. The average Bonchev–Trinajstić information content (AvgIpc) is 2.81. The highest BCUT2D eigenvalue weighted by Crippen LogP contribution is 2.35. The van der Waals surface area contributed by atoms with Crippen LogP contribution < -0.4 is 4.72 Å². The Balaban J connectivity index is 2.33. The Hall–Kier alpha value is -1.58. The molecule has 2 aromatic rings. The minimum Gasteiger partial charge on any atom is -0.361 e. The second kappa shape index (κ2) is 5.90. The maximum Gasteiger partial charge on any atom is 0.417 e. The van der Waals surface area contributed by atoms with Gasteiger partial charge < -0.3 is 4.52 Å². The van der Waals surface area contributed by atoms with Crippen LogP contribution in [0.25, 0.3) is 0 Å². The van der Waals surface area contributed by atoms with Crippen molar-refractivity contribution in [3.63, 3.8) is 0 Å². The fourth-order valence-corrected chi connectivity index (χ4v) is 3.08. The van der Waals surface area contributed by atoms with Crippen molar-refractivity contribution < 1.29 is 26.1 Å². The van der Waals surface area contributed by atoms with Crippen LogP contribution in [0, 0.1) is 6.92 Å². The van der Waals surface area contributed by atoms with E-state index >= 15 is 0 Å². The molecule has 0 aliphatic rings. The quantitative estimate of drug-likeness (QED) is 0.915. The summed E-state index contributed by atoms with van der Waals surface area (Å²) in [5, 5.41) is 3.34. The number of benzene rings is 1. The monoisotopic (exact) mass is 354 g/mol. The van der Waals surface area contributed by atoms with Crippen LogP contribution in [0.5, 0.6) is 0 Å². The van der Waals surface area contributed by atoms with Crippen LogP contribution in [0.3, 0.4) is 0 Å². The maximum atomic E-state index is 12.9. The zero-order valence-electron chi connectivity index (χ0n) is 11.1. The number of hydrogen-bond donors (Lipinski definition) is 1. The molecule has 0 amide bonds. The lowest BCUT2D eigenvalue weighted by molar-refractivity contribution is -0.139. The maximum absolute atomic E-state index is 12.9. The van der Waals surface area contributed by atoms with Crippen LogP contribution in [0.1, 0.15) is 17.0 Å². The SMILES string of the molecule is Cc1cc(CNS(=O)(=O)c2ccc(Cl)cc2C(F)(F)F)no1. The minimum atomic E-state index is -4.85. The van der Waals surface area contributed by atoms with E-state index in [4.69, 9.17) is 16.1 Å². The highest BCUT2D eigenvalue weighted by atomic mass is 35.5. The number of rotatable bonds is 4. The third-order valence-corrected chi connectivity index (χ3v) is 4.35. The van der Waals surface area contributed by atoms with Crippen molar-refractivity contribution in [3.8, 4) is 0 Å². The average molecular weight is 355 g/mol. The summed E-state index contributed by atoms with van der Waals surface area (Å²) >= 11 is 5.51. The van der Waals surface area contributed by atoms with Crippen LogP contribution in [-0.4, -0.2) is 13.6 Å². The molecule has 10 heteroatoms. The first-order chi connectivity index (χ1) is 10.1. The third-order valence-electron chi connectivity index (χ3n) is 2.66. The Morgan fingerprint density at radius 3 is 2.55 bits per heavy atom. The van der Waals surface area contributed by atoms with Gasteiger partial charge in [-0.3, -0.25) is 0 Å². The normalized spacial score (nSPS) is 12.6. The summed E-state index contributed by atoms with van der Waals surface area (Å²) < 4.78 is 69.8. The Kier molecular flexibility index (Phi) is 4.50. The number of alkyl halides is 3. The van der Waals surface area contributed by atoms with Crippen molar-refractivity contribution >= 4 is 21.6 Å². The molecule has 22 heavy (non-hydrogen) atoms. The summed E-state index contributed by atoms with van der Waals surface area (Å²) in [7, 11) is -4.39. The molecule has 0 unspecified atom stereocenters. The first-order valence-corrected chi connectivity index (χ1v) is 7.74. The van der Waals surface area contributed by atoms with Crippen molar-refractivity contribution in [1.29, 1.82) is 0 Å². The van der Waals surface area contributed by atoms with Gasteiger partial charge in [0.25, 0.3) is 0 Å². The lowest BCUT2D eigenvalue weighted by Gasteiger charge is -2.13. The summed E-state index contributed by atoms with van der Waals surface area (Å²) in [5.41, 5.74) is -1.08. The van der Waals surface area contributed by atoms with E-state index in [1.165, 1.54) is 6.07 Å². The van der Waals surface area contributed by atoms with Crippen molar-refractivity contribution in [2.75, 3.05) is 0 Å². The van der Waals surface area contributed by atoms with E-state index in [9.17, 15) is 21.6 Å². The largest absolute Gasteiger partial charge is 0.417 e. The van der Waals surface area contributed by atoms with E-state index in [0.29, 0.717) is 11.8 Å². The van der Waals surface area contributed by atoms with Crippen LogP contribution in [0.2, 0.25) is 5.02 Å². The Labute approximate surface area is 129 Å².